The predicted molar refractivity (Wildman–Crippen MR) is 69.5 cm³/mol. The average Bonchev–Trinajstić information content (AvgIpc) is 2.58. The van der Waals surface area contributed by atoms with Crippen LogP contribution in [0.1, 0.15) is 22.6 Å². The molecule has 4 heteroatoms. The molecular formula is C13H15ClN2O. The first-order valence-electron chi connectivity index (χ1n) is 5.49. The first-order valence-corrected chi connectivity index (χ1v) is 5.87. The third-order valence-corrected chi connectivity index (χ3v) is 3.07. The first kappa shape index (κ1) is 12.0. The van der Waals surface area contributed by atoms with E-state index in [-0.39, 0.29) is 0 Å². The summed E-state index contributed by atoms with van der Waals surface area (Å²) >= 11 is 6.15. The Morgan fingerprint density at radius 2 is 2.06 bits per heavy atom. The van der Waals surface area contributed by atoms with Gasteiger partial charge in [0.1, 0.15) is 5.76 Å². The number of nitrogens with one attached hydrogen (secondary N) is 1. The lowest BCUT2D eigenvalue weighted by Crippen LogP contribution is -2.01. The van der Waals surface area contributed by atoms with Crippen molar-refractivity contribution in [2.75, 3.05) is 5.32 Å². The maximum absolute atomic E-state index is 6.15. The summed E-state index contributed by atoms with van der Waals surface area (Å²) in [5.41, 5.74) is 4.08. The van der Waals surface area contributed by atoms with E-state index in [0.717, 1.165) is 33.3 Å². The van der Waals surface area contributed by atoms with E-state index in [4.69, 9.17) is 16.1 Å². The van der Waals surface area contributed by atoms with Crippen LogP contribution < -0.4 is 5.32 Å². The SMILES string of the molecule is Cc1ccc(NCc2c(C)noc2C)c(Cl)c1. The van der Waals surface area contributed by atoms with Crippen molar-refractivity contribution < 1.29 is 4.52 Å². The van der Waals surface area contributed by atoms with Gasteiger partial charge in [-0.25, -0.2) is 0 Å². The minimum Gasteiger partial charge on any atom is -0.380 e. The number of hydrogen-bond acceptors (Lipinski definition) is 3. The summed E-state index contributed by atoms with van der Waals surface area (Å²) in [7, 11) is 0. The molecule has 1 aromatic heterocycles. The number of rotatable bonds is 3. The third kappa shape index (κ3) is 2.61. The maximum atomic E-state index is 6.15. The lowest BCUT2D eigenvalue weighted by molar-refractivity contribution is 0.392. The van der Waals surface area contributed by atoms with Crippen LogP contribution in [0.5, 0.6) is 0 Å². The number of hydrogen-bond donors (Lipinski definition) is 1. The van der Waals surface area contributed by atoms with Gasteiger partial charge in [0.15, 0.2) is 0 Å². The van der Waals surface area contributed by atoms with E-state index in [1.165, 1.54) is 0 Å². The van der Waals surface area contributed by atoms with Gasteiger partial charge in [-0.1, -0.05) is 22.8 Å². The van der Waals surface area contributed by atoms with E-state index >= 15 is 0 Å². The predicted octanol–water partition coefficient (Wildman–Crippen LogP) is 3.87. The van der Waals surface area contributed by atoms with E-state index in [9.17, 15) is 0 Å². The second-order valence-electron chi connectivity index (χ2n) is 4.14. The molecule has 0 atom stereocenters. The molecule has 0 aliphatic carbocycles. The van der Waals surface area contributed by atoms with Crippen molar-refractivity contribution in [1.82, 2.24) is 5.16 Å². The van der Waals surface area contributed by atoms with Gasteiger partial charge >= 0.3 is 0 Å². The Bertz CT molecular complexity index is 515. The lowest BCUT2D eigenvalue weighted by Gasteiger charge is -2.08. The minimum absolute atomic E-state index is 0.671. The zero-order valence-electron chi connectivity index (χ0n) is 10.2. The van der Waals surface area contributed by atoms with E-state index < -0.39 is 0 Å². The number of aryl methyl sites for hydroxylation is 3. The molecule has 0 fully saturated rings. The molecule has 2 aromatic rings. The molecule has 1 N–H and O–H groups in total. The van der Waals surface area contributed by atoms with Gasteiger partial charge in [0.2, 0.25) is 0 Å². The van der Waals surface area contributed by atoms with Crippen LogP contribution in [-0.4, -0.2) is 5.16 Å². The molecule has 3 nitrogen and oxygen atoms in total. The molecular weight excluding hydrogens is 236 g/mol. The van der Waals surface area contributed by atoms with Crippen molar-refractivity contribution in [2.24, 2.45) is 0 Å². The fraction of sp³-hybridized carbons (Fsp3) is 0.308. The molecule has 0 spiro atoms. The highest BCUT2D eigenvalue weighted by molar-refractivity contribution is 6.33. The fourth-order valence-corrected chi connectivity index (χ4v) is 2.00. The van der Waals surface area contributed by atoms with Crippen LogP contribution in [0, 0.1) is 20.8 Å². The normalized spacial score (nSPS) is 10.6. The Labute approximate surface area is 106 Å². The summed E-state index contributed by atoms with van der Waals surface area (Å²) < 4.78 is 5.11. The van der Waals surface area contributed by atoms with Crippen LogP contribution in [0.25, 0.3) is 0 Å². The summed E-state index contributed by atoms with van der Waals surface area (Å²) in [5, 5.41) is 7.94. The third-order valence-electron chi connectivity index (χ3n) is 2.76. The molecule has 0 bridgehead atoms. The van der Waals surface area contributed by atoms with Gasteiger partial charge in [-0.15, -0.1) is 0 Å². The second-order valence-corrected chi connectivity index (χ2v) is 4.55. The summed E-state index contributed by atoms with van der Waals surface area (Å²) in [6, 6.07) is 5.95. The molecule has 0 aliphatic rings. The lowest BCUT2D eigenvalue weighted by atomic mass is 10.2. The van der Waals surface area contributed by atoms with Gasteiger partial charge in [0.25, 0.3) is 0 Å². The summed E-state index contributed by atoms with van der Waals surface area (Å²) in [4.78, 5) is 0. The smallest absolute Gasteiger partial charge is 0.138 e. The van der Waals surface area contributed by atoms with Gasteiger partial charge < -0.3 is 9.84 Å². The van der Waals surface area contributed by atoms with Crippen molar-refractivity contribution in [1.29, 1.82) is 0 Å². The van der Waals surface area contributed by atoms with Gasteiger partial charge in [-0.3, -0.25) is 0 Å². The summed E-state index contributed by atoms with van der Waals surface area (Å²) in [5.74, 6) is 0.846. The standard InChI is InChI=1S/C13H15ClN2O/c1-8-4-5-13(12(14)6-8)15-7-11-9(2)16-17-10(11)3/h4-6,15H,7H2,1-3H3. The maximum Gasteiger partial charge on any atom is 0.138 e. The highest BCUT2D eigenvalue weighted by Crippen LogP contribution is 2.24. The molecule has 1 heterocycles. The van der Waals surface area contributed by atoms with Crippen LogP contribution in [0.4, 0.5) is 5.69 Å². The van der Waals surface area contributed by atoms with Crippen LogP contribution in [0.3, 0.4) is 0 Å². The Kier molecular flexibility index (Phi) is 3.38. The van der Waals surface area contributed by atoms with Crippen LogP contribution in [-0.2, 0) is 6.54 Å². The molecule has 0 aliphatic heterocycles. The Morgan fingerprint density at radius 1 is 1.29 bits per heavy atom. The number of halogens is 1. The largest absolute Gasteiger partial charge is 0.380 e. The number of anilines is 1. The zero-order valence-corrected chi connectivity index (χ0v) is 10.9. The summed E-state index contributed by atoms with van der Waals surface area (Å²) in [6.07, 6.45) is 0. The van der Waals surface area contributed by atoms with E-state index in [0.29, 0.717) is 6.54 Å². The number of nitrogens with zero attached hydrogens (tertiary/aromatic N) is 1. The Hall–Kier alpha value is -1.48. The number of benzene rings is 1. The monoisotopic (exact) mass is 250 g/mol. The molecule has 0 radical (unpaired) electrons. The molecule has 2 rings (SSSR count). The second kappa shape index (κ2) is 4.80. The van der Waals surface area contributed by atoms with Crippen LogP contribution in [0.2, 0.25) is 5.02 Å². The summed E-state index contributed by atoms with van der Waals surface area (Å²) in [6.45, 7) is 6.53. The molecule has 1 aromatic carbocycles. The van der Waals surface area contributed by atoms with Crippen molar-refractivity contribution in [2.45, 2.75) is 27.3 Å². The average molecular weight is 251 g/mol. The Balaban J connectivity index is 2.13. The molecule has 17 heavy (non-hydrogen) atoms. The van der Waals surface area contributed by atoms with Crippen molar-refractivity contribution in [3.63, 3.8) is 0 Å². The molecule has 90 valence electrons. The fourth-order valence-electron chi connectivity index (χ4n) is 1.70. The molecule has 0 saturated heterocycles. The molecule has 0 unspecified atom stereocenters. The highest BCUT2D eigenvalue weighted by Gasteiger charge is 2.09. The van der Waals surface area contributed by atoms with Gasteiger partial charge in [-0.05, 0) is 38.5 Å². The van der Waals surface area contributed by atoms with E-state index in [1.54, 1.807) is 0 Å². The molecule has 0 saturated carbocycles. The van der Waals surface area contributed by atoms with Gasteiger partial charge in [0.05, 0.1) is 16.4 Å². The quantitative estimate of drug-likeness (QED) is 0.899. The van der Waals surface area contributed by atoms with Crippen LogP contribution in [0.15, 0.2) is 22.7 Å². The van der Waals surface area contributed by atoms with Gasteiger partial charge in [0, 0.05) is 12.1 Å². The highest BCUT2D eigenvalue weighted by atomic mass is 35.5. The topological polar surface area (TPSA) is 38.1 Å². The van der Waals surface area contributed by atoms with Crippen molar-refractivity contribution in [3.8, 4) is 0 Å². The molecule has 0 amide bonds. The van der Waals surface area contributed by atoms with Crippen molar-refractivity contribution >= 4 is 17.3 Å². The Morgan fingerprint density at radius 3 is 2.65 bits per heavy atom. The van der Waals surface area contributed by atoms with E-state index in [2.05, 4.69) is 10.5 Å². The van der Waals surface area contributed by atoms with Crippen molar-refractivity contribution in [3.05, 3.63) is 45.8 Å². The van der Waals surface area contributed by atoms with Gasteiger partial charge in [-0.2, -0.15) is 0 Å². The zero-order chi connectivity index (χ0) is 12.4. The van der Waals surface area contributed by atoms with E-state index in [1.807, 2.05) is 39.0 Å². The number of aromatic nitrogens is 1. The first-order chi connectivity index (χ1) is 8.08. The van der Waals surface area contributed by atoms with Crippen LogP contribution >= 0.6 is 11.6 Å². The minimum atomic E-state index is 0.671.